The first-order valence-corrected chi connectivity index (χ1v) is 11.2. The van der Waals surface area contributed by atoms with Gasteiger partial charge < -0.3 is 9.84 Å². The highest BCUT2D eigenvalue weighted by Crippen LogP contribution is 2.30. The van der Waals surface area contributed by atoms with Gasteiger partial charge in [-0.15, -0.1) is 0 Å². The van der Waals surface area contributed by atoms with E-state index in [9.17, 15) is 9.90 Å². The Morgan fingerprint density at radius 2 is 1.69 bits per heavy atom. The molecule has 0 aliphatic carbocycles. The van der Waals surface area contributed by atoms with Gasteiger partial charge in [0.1, 0.15) is 11.8 Å². The molecular weight excluding hydrogens is 398 g/mol. The molecule has 1 aliphatic rings. The maximum Gasteiger partial charge on any atom is 0.321 e. The number of hydrogen-bond acceptors (Lipinski definition) is 3. The first kappa shape index (κ1) is 22.1. The lowest BCUT2D eigenvalue weighted by molar-refractivity contribution is -0.144. The molecule has 0 saturated heterocycles. The lowest BCUT2D eigenvalue weighted by Crippen LogP contribution is -2.45. The quantitative estimate of drug-likeness (QED) is 0.518. The van der Waals surface area contributed by atoms with Crippen LogP contribution in [0.25, 0.3) is 0 Å². The van der Waals surface area contributed by atoms with Gasteiger partial charge in [-0.2, -0.15) is 0 Å². The van der Waals surface area contributed by atoms with E-state index in [0.717, 1.165) is 28.9 Å². The van der Waals surface area contributed by atoms with Gasteiger partial charge in [-0.3, -0.25) is 9.69 Å². The van der Waals surface area contributed by atoms with Crippen molar-refractivity contribution in [1.29, 1.82) is 0 Å². The summed E-state index contributed by atoms with van der Waals surface area (Å²) in [6.45, 7) is 6.34. The van der Waals surface area contributed by atoms with Gasteiger partial charge in [-0.25, -0.2) is 0 Å². The van der Waals surface area contributed by atoms with E-state index < -0.39 is 12.0 Å². The van der Waals surface area contributed by atoms with Crippen LogP contribution in [0.3, 0.4) is 0 Å². The van der Waals surface area contributed by atoms with Crippen LogP contribution in [-0.2, 0) is 29.7 Å². The molecule has 0 spiro atoms. The molecule has 1 N–H and O–H groups in total. The Bertz CT molecular complexity index is 1050. The Labute approximate surface area is 190 Å². The van der Waals surface area contributed by atoms with Crippen LogP contribution in [0.5, 0.6) is 5.75 Å². The number of ether oxygens (including phenoxy) is 1. The van der Waals surface area contributed by atoms with Crippen LogP contribution in [0.4, 0.5) is 0 Å². The number of carboxylic acids is 1. The number of carbonyl (C=O) groups is 1. The summed E-state index contributed by atoms with van der Waals surface area (Å²) in [4.78, 5) is 14.0. The molecule has 4 rings (SSSR count). The van der Waals surface area contributed by atoms with Crippen LogP contribution in [0.15, 0.2) is 78.9 Å². The second-order valence-electron chi connectivity index (χ2n) is 9.23. The molecule has 4 nitrogen and oxygen atoms in total. The van der Waals surface area contributed by atoms with Crippen molar-refractivity contribution in [2.75, 3.05) is 6.61 Å². The minimum Gasteiger partial charge on any atom is -0.494 e. The van der Waals surface area contributed by atoms with E-state index in [-0.39, 0.29) is 5.41 Å². The number of fused-ring (bicyclic) bond motifs is 1. The minimum absolute atomic E-state index is 0.0384. The highest BCUT2D eigenvalue weighted by molar-refractivity contribution is 5.74. The lowest BCUT2D eigenvalue weighted by Gasteiger charge is -2.34. The standard InChI is InChI=1S/C28H31NO3/c1-28(2,24-11-7-4-8-12-24)15-16-32-25-14-13-22-18-26(27(30)31)29(20-23(22)17-25)19-21-9-5-3-6-10-21/h3-14,17,26H,15-16,18-20H2,1-2H3,(H,30,31)/t26-/m0/s1. The summed E-state index contributed by atoms with van der Waals surface area (Å²) in [6.07, 6.45) is 1.42. The number of nitrogens with zero attached hydrogens (tertiary/aromatic N) is 1. The van der Waals surface area contributed by atoms with Crippen LogP contribution < -0.4 is 4.74 Å². The molecule has 1 aliphatic heterocycles. The SMILES string of the molecule is CC(C)(CCOc1ccc2c(c1)CN(Cc1ccccc1)[C@H](C(=O)O)C2)c1ccccc1. The summed E-state index contributed by atoms with van der Waals surface area (Å²) >= 11 is 0. The molecule has 0 bridgehead atoms. The predicted molar refractivity (Wildman–Crippen MR) is 127 cm³/mol. The zero-order valence-corrected chi connectivity index (χ0v) is 18.8. The molecule has 32 heavy (non-hydrogen) atoms. The molecule has 0 aromatic heterocycles. The Hall–Kier alpha value is -3.11. The van der Waals surface area contributed by atoms with E-state index in [2.05, 4.69) is 44.2 Å². The van der Waals surface area contributed by atoms with Gasteiger partial charge in [0.2, 0.25) is 0 Å². The van der Waals surface area contributed by atoms with Crippen molar-refractivity contribution in [3.63, 3.8) is 0 Å². The third-order valence-corrected chi connectivity index (χ3v) is 6.47. The second-order valence-corrected chi connectivity index (χ2v) is 9.23. The van der Waals surface area contributed by atoms with Crippen molar-refractivity contribution < 1.29 is 14.6 Å². The largest absolute Gasteiger partial charge is 0.494 e. The zero-order valence-electron chi connectivity index (χ0n) is 18.8. The van der Waals surface area contributed by atoms with E-state index in [1.54, 1.807) is 0 Å². The van der Waals surface area contributed by atoms with Crippen LogP contribution in [-0.4, -0.2) is 28.6 Å². The Kier molecular flexibility index (Phi) is 6.61. The highest BCUT2D eigenvalue weighted by atomic mass is 16.5. The van der Waals surface area contributed by atoms with Gasteiger partial charge in [0.05, 0.1) is 6.61 Å². The maximum atomic E-state index is 11.9. The molecular formula is C28H31NO3. The lowest BCUT2D eigenvalue weighted by atomic mass is 9.82. The van der Waals surface area contributed by atoms with Crippen molar-refractivity contribution in [3.05, 3.63) is 101 Å². The van der Waals surface area contributed by atoms with E-state index in [0.29, 0.717) is 26.1 Å². The van der Waals surface area contributed by atoms with Crippen LogP contribution in [0, 0.1) is 0 Å². The van der Waals surface area contributed by atoms with Crippen LogP contribution in [0.2, 0.25) is 0 Å². The van der Waals surface area contributed by atoms with E-state index >= 15 is 0 Å². The monoisotopic (exact) mass is 429 g/mol. The molecule has 1 atom stereocenters. The van der Waals surface area contributed by atoms with Gasteiger partial charge in [0.15, 0.2) is 0 Å². The molecule has 0 fully saturated rings. The second kappa shape index (κ2) is 9.58. The summed E-state index contributed by atoms with van der Waals surface area (Å²) < 4.78 is 6.12. The number of benzene rings is 3. The molecule has 0 amide bonds. The molecule has 166 valence electrons. The number of aliphatic carboxylic acids is 1. The third kappa shape index (κ3) is 5.20. The van der Waals surface area contributed by atoms with Crippen molar-refractivity contribution in [2.24, 2.45) is 0 Å². The summed E-state index contributed by atoms with van der Waals surface area (Å²) in [5.41, 5.74) is 4.72. The summed E-state index contributed by atoms with van der Waals surface area (Å²) in [5, 5.41) is 9.79. The fraction of sp³-hybridized carbons (Fsp3) is 0.321. The van der Waals surface area contributed by atoms with Crippen LogP contribution in [0.1, 0.15) is 42.5 Å². The fourth-order valence-corrected chi connectivity index (χ4v) is 4.39. The smallest absolute Gasteiger partial charge is 0.321 e. The van der Waals surface area contributed by atoms with Crippen molar-refractivity contribution in [1.82, 2.24) is 4.90 Å². The van der Waals surface area contributed by atoms with Gasteiger partial charge in [-0.1, -0.05) is 80.6 Å². The fourth-order valence-electron chi connectivity index (χ4n) is 4.39. The molecule has 1 heterocycles. The Balaban J connectivity index is 1.43. The van der Waals surface area contributed by atoms with E-state index in [1.807, 2.05) is 53.4 Å². The van der Waals surface area contributed by atoms with E-state index in [1.165, 1.54) is 5.56 Å². The van der Waals surface area contributed by atoms with Gasteiger partial charge >= 0.3 is 5.97 Å². The summed E-state index contributed by atoms with van der Waals surface area (Å²) in [6, 6.07) is 26.2. The molecule has 3 aromatic rings. The first-order valence-electron chi connectivity index (χ1n) is 11.2. The average molecular weight is 430 g/mol. The Morgan fingerprint density at radius 1 is 1.00 bits per heavy atom. The highest BCUT2D eigenvalue weighted by Gasteiger charge is 2.31. The van der Waals surface area contributed by atoms with Crippen molar-refractivity contribution in [2.45, 2.75) is 51.2 Å². The topological polar surface area (TPSA) is 49.8 Å². The number of hydrogen-bond donors (Lipinski definition) is 1. The summed E-state index contributed by atoms with van der Waals surface area (Å²) in [7, 11) is 0. The first-order chi connectivity index (χ1) is 15.4. The Morgan fingerprint density at radius 3 is 2.38 bits per heavy atom. The zero-order chi connectivity index (χ0) is 22.6. The molecule has 0 unspecified atom stereocenters. The minimum atomic E-state index is -0.768. The van der Waals surface area contributed by atoms with Crippen LogP contribution >= 0.6 is 0 Å². The van der Waals surface area contributed by atoms with Crippen molar-refractivity contribution >= 4 is 5.97 Å². The normalized spacial score (nSPS) is 16.4. The number of carboxylic acid groups (broad SMARTS) is 1. The molecule has 0 radical (unpaired) electrons. The third-order valence-electron chi connectivity index (χ3n) is 6.47. The summed E-state index contributed by atoms with van der Waals surface area (Å²) in [5.74, 6) is 0.0797. The van der Waals surface area contributed by atoms with Crippen molar-refractivity contribution in [3.8, 4) is 5.75 Å². The van der Waals surface area contributed by atoms with Gasteiger partial charge in [0.25, 0.3) is 0 Å². The van der Waals surface area contributed by atoms with E-state index in [4.69, 9.17) is 4.74 Å². The average Bonchev–Trinajstić information content (AvgIpc) is 2.79. The van der Waals surface area contributed by atoms with Gasteiger partial charge in [-0.05, 0) is 52.6 Å². The molecule has 0 saturated carbocycles. The molecule has 3 aromatic carbocycles. The predicted octanol–water partition coefficient (Wildman–Crippen LogP) is 5.44. The van der Waals surface area contributed by atoms with Gasteiger partial charge in [0, 0.05) is 13.1 Å². The molecule has 4 heteroatoms. The maximum absolute atomic E-state index is 11.9. The number of rotatable bonds is 8.